The number of amides is 1. The number of likely N-dealkylation sites (tertiary alicyclic amines) is 1. The summed E-state index contributed by atoms with van der Waals surface area (Å²) in [4.78, 5) is 27.5. The summed E-state index contributed by atoms with van der Waals surface area (Å²) in [5, 5.41) is 11.5. The van der Waals surface area contributed by atoms with Crippen molar-refractivity contribution >= 4 is 23.2 Å². The van der Waals surface area contributed by atoms with Crippen molar-refractivity contribution in [3.05, 3.63) is 21.4 Å². The van der Waals surface area contributed by atoms with Crippen LogP contribution in [0.3, 0.4) is 0 Å². The fourth-order valence-corrected chi connectivity index (χ4v) is 4.61. The largest absolute Gasteiger partial charge is 0.480 e. The molecule has 1 saturated heterocycles. The van der Waals surface area contributed by atoms with Gasteiger partial charge in [-0.25, -0.2) is 4.79 Å². The number of aryl methyl sites for hydroxylation is 1. The van der Waals surface area contributed by atoms with Crippen LogP contribution in [0.25, 0.3) is 0 Å². The summed E-state index contributed by atoms with van der Waals surface area (Å²) < 4.78 is 0. The molecule has 1 fully saturated rings. The zero-order valence-electron chi connectivity index (χ0n) is 12.4. The van der Waals surface area contributed by atoms with Crippen molar-refractivity contribution in [3.63, 3.8) is 0 Å². The number of fused-ring (bicyclic) bond motifs is 1. The number of hydrogen-bond acceptors (Lipinski definition) is 3. The lowest BCUT2D eigenvalue weighted by atomic mass is 9.87. The molecule has 1 amide bonds. The molecule has 2 heterocycles. The first-order valence-corrected chi connectivity index (χ1v) is 8.56. The van der Waals surface area contributed by atoms with E-state index in [4.69, 9.17) is 0 Å². The smallest absolute Gasteiger partial charge is 0.329 e. The van der Waals surface area contributed by atoms with Crippen molar-refractivity contribution in [1.82, 2.24) is 4.90 Å². The number of carboxylic acid groups (broad SMARTS) is 1. The van der Waals surface area contributed by atoms with Crippen molar-refractivity contribution in [1.29, 1.82) is 0 Å². The Morgan fingerprint density at radius 3 is 2.76 bits per heavy atom. The van der Waals surface area contributed by atoms with E-state index in [0.29, 0.717) is 13.0 Å². The number of carbonyl (C=O) groups excluding carboxylic acids is 1. The first kappa shape index (κ1) is 14.6. The SMILES string of the molecule is CC1(C(=O)O)CCCCN1C(=O)c1csc2c1CCCC2. The molecular formula is C16H21NO3S. The molecule has 0 saturated carbocycles. The Balaban J connectivity index is 1.93. The Labute approximate surface area is 128 Å². The van der Waals surface area contributed by atoms with Crippen LogP contribution < -0.4 is 0 Å². The molecule has 1 aromatic heterocycles. The van der Waals surface area contributed by atoms with E-state index in [1.807, 2.05) is 5.38 Å². The lowest BCUT2D eigenvalue weighted by Crippen LogP contribution is -2.57. The van der Waals surface area contributed by atoms with Crippen LogP contribution in [0.5, 0.6) is 0 Å². The van der Waals surface area contributed by atoms with Crippen molar-refractivity contribution in [2.45, 2.75) is 57.4 Å². The summed E-state index contributed by atoms with van der Waals surface area (Å²) in [5.41, 5.74) is 0.873. The number of hydrogen-bond donors (Lipinski definition) is 1. The number of aliphatic carboxylic acids is 1. The highest BCUT2D eigenvalue weighted by molar-refractivity contribution is 7.10. The van der Waals surface area contributed by atoms with Gasteiger partial charge in [-0.1, -0.05) is 0 Å². The summed E-state index contributed by atoms with van der Waals surface area (Å²) in [6, 6.07) is 0. The van der Waals surface area contributed by atoms with Gasteiger partial charge in [0.2, 0.25) is 0 Å². The Bertz CT molecular complexity index is 580. The maximum atomic E-state index is 12.9. The zero-order chi connectivity index (χ0) is 15.0. The van der Waals surface area contributed by atoms with Gasteiger partial charge in [0, 0.05) is 16.8 Å². The predicted molar refractivity (Wildman–Crippen MR) is 81.9 cm³/mol. The summed E-state index contributed by atoms with van der Waals surface area (Å²) in [7, 11) is 0. The van der Waals surface area contributed by atoms with Crippen LogP contribution in [0.2, 0.25) is 0 Å². The van der Waals surface area contributed by atoms with E-state index >= 15 is 0 Å². The molecule has 21 heavy (non-hydrogen) atoms. The molecule has 0 spiro atoms. The molecule has 114 valence electrons. The van der Waals surface area contributed by atoms with Crippen LogP contribution in [-0.2, 0) is 17.6 Å². The Morgan fingerprint density at radius 1 is 1.24 bits per heavy atom. The third-order valence-electron chi connectivity index (χ3n) is 4.89. The predicted octanol–water partition coefficient (Wildman–Crippen LogP) is 3.10. The van der Waals surface area contributed by atoms with Gasteiger partial charge in [-0.15, -0.1) is 11.3 Å². The second kappa shape index (κ2) is 5.44. The summed E-state index contributed by atoms with van der Waals surface area (Å²) in [6.07, 6.45) is 6.63. The number of nitrogens with zero attached hydrogens (tertiary/aromatic N) is 1. The maximum Gasteiger partial charge on any atom is 0.329 e. The van der Waals surface area contributed by atoms with Gasteiger partial charge in [-0.05, 0) is 57.4 Å². The summed E-state index contributed by atoms with van der Waals surface area (Å²) in [5.74, 6) is -0.973. The second-order valence-electron chi connectivity index (χ2n) is 6.25. The molecular weight excluding hydrogens is 286 g/mol. The van der Waals surface area contributed by atoms with Gasteiger partial charge in [0.1, 0.15) is 5.54 Å². The molecule has 5 heteroatoms. The molecule has 0 aromatic carbocycles. The van der Waals surface area contributed by atoms with Gasteiger partial charge < -0.3 is 10.0 Å². The molecule has 1 aliphatic heterocycles. The van der Waals surface area contributed by atoms with Crippen LogP contribution in [0.1, 0.15) is 59.8 Å². The molecule has 1 aliphatic carbocycles. The number of thiophene rings is 1. The second-order valence-corrected chi connectivity index (χ2v) is 7.22. The molecule has 0 radical (unpaired) electrons. The number of piperidine rings is 1. The fraction of sp³-hybridized carbons (Fsp3) is 0.625. The van der Waals surface area contributed by atoms with Crippen molar-refractivity contribution in [2.75, 3.05) is 6.54 Å². The quantitative estimate of drug-likeness (QED) is 0.913. The van der Waals surface area contributed by atoms with Gasteiger partial charge in [-0.2, -0.15) is 0 Å². The minimum atomic E-state index is -1.06. The number of rotatable bonds is 2. The molecule has 0 bridgehead atoms. The molecule has 1 N–H and O–H groups in total. The van der Waals surface area contributed by atoms with E-state index in [1.165, 1.54) is 16.9 Å². The van der Waals surface area contributed by atoms with Gasteiger partial charge >= 0.3 is 5.97 Å². The van der Waals surface area contributed by atoms with Crippen LogP contribution in [-0.4, -0.2) is 34.0 Å². The van der Waals surface area contributed by atoms with Crippen LogP contribution >= 0.6 is 11.3 Å². The first-order chi connectivity index (χ1) is 10.0. The highest BCUT2D eigenvalue weighted by atomic mass is 32.1. The van der Waals surface area contributed by atoms with Gasteiger partial charge in [0.05, 0.1) is 5.56 Å². The normalized spacial score (nSPS) is 25.5. The molecule has 2 aliphatic rings. The summed E-state index contributed by atoms with van der Waals surface area (Å²) >= 11 is 1.66. The standard InChI is InChI=1S/C16H21NO3S/c1-16(15(19)20)8-4-5-9-17(16)14(18)12-10-21-13-7-3-2-6-11(12)13/h10H,2-9H2,1H3,(H,19,20). The van der Waals surface area contributed by atoms with Crippen molar-refractivity contribution in [2.24, 2.45) is 0 Å². The van der Waals surface area contributed by atoms with Crippen LogP contribution in [0, 0.1) is 0 Å². The van der Waals surface area contributed by atoms with Crippen molar-refractivity contribution in [3.8, 4) is 0 Å². The lowest BCUT2D eigenvalue weighted by molar-refractivity contribution is -0.150. The minimum absolute atomic E-state index is 0.0843. The highest BCUT2D eigenvalue weighted by Gasteiger charge is 2.44. The van der Waals surface area contributed by atoms with E-state index < -0.39 is 11.5 Å². The molecule has 4 nitrogen and oxygen atoms in total. The topological polar surface area (TPSA) is 57.6 Å². The lowest BCUT2D eigenvalue weighted by Gasteiger charge is -2.41. The van der Waals surface area contributed by atoms with E-state index in [2.05, 4.69) is 0 Å². The average molecular weight is 307 g/mol. The first-order valence-electron chi connectivity index (χ1n) is 7.68. The van der Waals surface area contributed by atoms with Crippen LogP contribution in [0.15, 0.2) is 5.38 Å². The third-order valence-corrected chi connectivity index (χ3v) is 5.98. The molecule has 1 atom stereocenters. The maximum absolute atomic E-state index is 12.9. The monoisotopic (exact) mass is 307 g/mol. The average Bonchev–Trinajstić information content (AvgIpc) is 2.91. The van der Waals surface area contributed by atoms with Crippen LogP contribution in [0.4, 0.5) is 0 Å². The number of carboxylic acids is 1. The van der Waals surface area contributed by atoms with E-state index in [1.54, 1.807) is 23.2 Å². The van der Waals surface area contributed by atoms with E-state index in [-0.39, 0.29) is 5.91 Å². The van der Waals surface area contributed by atoms with Gasteiger partial charge in [-0.3, -0.25) is 4.79 Å². The number of carbonyl (C=O) groups is 2. The Kier molecular flexibility index (Phi) is 3.78. The summed E-state index contributed by atoms with van der Waals surface area (Å²) in [6.45, 7) is 2.23. The van der Waals surface area contributed by atoms with E-state index in [9.17, 15) is 14.7 Å². The highest BCUT2D eigenvalue weighted by Crippen LogP contribution is 2.34. The minimum Gasteiger partial charge on any atom is -0.480 e. The Morgan fingerprint density at radius 2 is 2.00 bits per heavy atom. The molecule has 1 unspecified atom stereocenters. The van der Waals surface area contributed by atoms with E-state index in [0.717, 1.165) is 37.7 Å². The Hall–Kier alpha value is -1.36. The van der Waals surface area contributed by atoms with Gasteiger partial charge in [0.25, 0.3) is 5.91 Å². The molecule has 1 aromatic rings. The van der Waals surface area contributed by atoms with Gasteiger partial charge in [0.15, 0.2) is 0 Å². The molecule has 3 rings (SSSR count). The zero-order valence-corrected chi connectivity index (χ0v) is 13.2. The third kappa shape index (κ3) is 2.37. The fourth-order valence-electron chi connectivity index (χ4n) is 3.49. The van der Waals surface area contributed by atoms with Crippen molar-refractivity contribution < 1.29 is 14.7 Å².